The Hall–Kier alpha value is -2.55. The van der Waals surface area contributed by atoms with Crippen molar-refractivity contribution in [1.29, 1.82) is 0 Å². The van der Waals surface area contributed by atoms with Gasteiger partial charge in [-0.3, -0.25) is 9.59 Å². The molecule has 160 valence electrons. The number of ketones is 1. The summed E-state index contributed by atoms with van der Waals surface area (Å²) in [5.74, 6) is -2.45. The summed E-state index contributed by atoms with van der Waals surface area (Å²) in [5, 5.41) is 31.6. The van der Waals surface area contributed by atoms with Crippen LogP contribution in [0.2, 0.25) is 5.82 Å². The number of hydrogen-bond donors (Lipinski definition) is 4. The number of aliphatic hydroxyl groups is 1. The van der Waals surface area contributed by atoms with E-state index < -0.39 is 30.9 Å². The zero-order chi connectivity index (χ0) is 22.3. The third-order valence-electron chi connectivity index (χ3n) is 5.18. The van der Waals surface area contributed by atoms with Gasteiger partial charge in [-0.15, -0.1) is 0 Å². The van der Waals surface area contributed by atoms with Crippen LogP contribution in [-0.2, 0) is 4.79 Å². The molecule has 2 rings (SSSR count). The van der Waals surface area contributed by atoms with Gasteiger partial charge >= 0.3 is 7.12 Å². The Labute approximate surface area is 177 Å². The molecule has 30 heavy (non-hydrogen) atoms. The van der Waals surface area contributed by atoms with Gasteiger partial charge in [0.05, 0.1) is 17.7 Å². The van der Waals surface area contributed by atoms with Crippen LogP contribution < -0.4 is 5.32 Å². The molecule has 0 spiro atoms. The number of carbonyl (C=O) groups is 2. The van der Waals surface area contributed by atoms with Crippen molar-refractivity contribution in [2.45, 2.75) is 39.1 Å². The van der Waals surface area contributed by atoms with E-state index in [-0.39, 0.29) is 30.4 Å². The summed E-state index contributed by atoms with van der Waals surface area (Å²) >= 11 is 0. The molecule has 1 aromatic carbocycles. The first-order valence-corrected chi connectivity index (χ1v) is 10.1. The number of pyridine rings is 1. The minimum Gasteiger partial charge on any atom is -0.427 e. The van der Waals surface area contributed by atoms with E-state index in [0.29, 0.717) is 5.69 Å². The molecule has 0 bridgehead atoms. The lowest BCUT2D eigenvalue weighted by atomic mass is 9.66. The normalized spacial score (nSPS) is 14.1. The molecule has 7 nitrogen and oxygen atoms in total. The van der Waals surface area contributed by atoms with E-state index in [4.69, 9.17) is 0 Å². The van der Waals surface area contributed by atoms with Gasteiger partial charge in [-0.05, 0) is 25.0 Å². The molecular formula is C22H29BN2O5. The summed E-state index contributed by atoms with van der Waals surface area (Å²) in [6.07, 6.45) is -1.26. The number of Topliss-reactive ketones (excluding diaryl/α,β-unsaturated/α-hetero) is 1. The fraction of sp³-hybridized carbons (Fsp3) is 0.409. The van der Waals surface area contributed by atoms with Gasteiger partial charge in [0.2, 0.25) is 5.91 Å². The lowest BCUT2D eigenvalue weighted by molar-refractivity contribution is -0.128. The van der Waals surface area contributed by atoms with Crippen LogP contribution in [0.3, 0.4) is 0 Å². The van der Waals surface area contributed by atoms with Crippen molar-refractivity contribution in [3.63, 3.8) is 0 Å². The van der Waals surface area contributed by atoms with Gasteiger partial charge in [-0.2, -0.15) is 0 Å². The van der Waals surface area contributed by atoms with Crippen molar-refractivity contribution in [3.05, 3.63) is 54.2 Å². The molecule has 0 aliphatic rings. The van der Waals surface area contributed by atoms with Gasteiger partial charge in [0.1, 0.15) is 5.69 Å². The molecule has 2 aromatic rings. The minimum absolute atomic E-state index is 0.0350. The number of nitrogens with zero attached hydrogens (tertiary/aromatic N) is 1. The first kappa shape index (κ1) is 23.7. The second-order valence-electron chi connectivity index (χ2n) is 7.82. The number of nitrogens with one attached hydrogen (secondary N) is 1. The Morgan fingerprint density at radius 1 is 1.03 bits per heavy atom. The van der Waals surface area contributed by atoms with E-state index in [1.165, 1.54) is 6.92 Å². The highest BCUT2D eigenvalue weighted by molar-refractivity contribution is 6.43. The Morgan fingerprint density at radius 2 is 1.70 bits per heavy atom. The predicted molar refractivity (Wildman–Crippen MR) is 116 cm³/mol. The zero-order valence-corrected chi connectivity index (χ0v) is 17.5. The number of aliphatic hydroxyl groups excluding tert-OH is 1. The van der Waals surface area contributed by atoms with Crippen molar-refractivity contribution >= 4 is 18.8 Å². The molecule has 1 heterocycles. The number of amides is 1. The average molecular weight is 412 g/mol. The molecular weight excluding hydrogens is 383 g/mol. The van der Waals surface area contributed by atoms with Gasteiger partial charge in [-0.1, -0.05) is 50.2 Å². The molecule has 0 saturated heterocycles. The summed E-state index contributed by atoms with van der Waals surface area (Å²) in [4.78, 5) is 29.8. The SMILES string of the molecule is CC(C)[C@H](CNC(=O)[C@@H](CC(=O)c1cccc(-c2ccccc2)n1)[C@@H](C)O)B(O)O. The molecule has 1 amide bonds. The average Bonchev–Trinajstić information content (AvgIpc) is 2.71. The van der Waals surface area contributed by atoms with Crippen LogP contribution in [0, 0.1) is 11.8 Å². The molecule has 0 fully saturated rings. The lowest BCUT2D eigenvalue weighted by Gasteiger charge is -2.23. The molecule has 1 aromatic heterocycles. The summed E-state index contributed by atoms with van der Waals surface area (Å²) in [7, 11) is -1.57. The van der Waals surface area contributed by atoms with E-state index in [0.717, 1.165) is 5.56 Å². The second-order valence-corrected chi connectivity index (χ2v) is 7.82. The highest BCUT2D eigenvalue weighted by Crippen LogP contribution is 2.21. The first-order valence-electron chi connectivity index (χ1n) is 10.1. The van der Waals surface area contributed by atoms with Crippen LogP contribution in [0.5, 0.6) is 0 Å². The third-order valence-corrected chi connectivity index (χ3v) is 5.18. The highest BCUT2D eigenvalue weighted by atomic mass is 16.4. The fourth-order valence-electron chi connectivity index (χ4n) is 3.18. The molecule has 8 heteroatoms. The van der Waals surface area contributed by atoms with Crippen LogP contribution >= 0.6 is 0 Å². The third kappa shape index (κ3) is 6.48. The van der Waals surface area contributed by atoms with Crippen molar-refractivity contribution in [3.8, 4) is 11.3 Å². The topological polar surface area (TPSA) is 120 Å². The number of carbonyl (C=O) groups excluding carboxylic acids is 2. The molecule has 3 atom stereocenters. The van der Waals surface area contributed by atoms with E-state index in [9.17, 15) is 24.7 Å². The van der Waals surface area contributed by atoms with Crippen molar-refractivity contribution in [2.75, 3.05) is 6.54 Å². The quantitative estimate of drug-likeness (QED) is 0.350. The van der Waals surface area contributed by atoms with Gasteiger partial charge in [0.25, 0.3) is 0 Å². The number of rotatable bonds is 10. The Morgan fingerprint density at radius 3 is 2.27 bits per heavy atom. The summed E-state index contributed by atoms with van der Waals surface area (Å²) in [5.41, 5.74) is 1.75. The maximum absolute atomic E-state index is 12.8. The molecule has 0 saturated carbocycles. The number of benzene rings is 1. The van der Waals surface area contributed by atoms with E-state index in [1.54, 1.807) is 18.2 Å². The molecule has 0 aliphatic heterocycles. The highest BCUT2D eigenvalue weighted by Gasteiger charge is 2.31. The van der Waals surface area contributed by atoms with Crippen LogP contribution in [0.4, 0.5) is 0 Å². The summed E-state index contributed by atoms with van der Waals surface area (Å²) in [6, 6.07) is 14.6. The van der Waals surface area contributed by atoms with Crippen LogP contribution in [0.25, 0.3) is 11.3 Å². The maximum Gasteiger partial charge on any atom is 0.456 e. The fourth-order valence-corrected chi connectivity index (χ4v) is 3.18. The minimum atomic E-state index is -1.57. The molecule has 0 aliphatic carbocycles. The van der Waals surface area contributed by atoms with Gasteiger partial charge in [0, 0.05) is 24.3 Å². The van der Waals surface area contributed by atoms with E-state index >= 15 is 0 Å². The predicted octanol–water partition coefficient (Wildman–Crippen LogP) is 1.93. The maximum atomic E-state index is 12.8. The summed E-state index contributed by atoms with van der Waals surface area (Å²) in [6.45, 7) is 5.12. The zero-order valence-electron chi connectivity index (χ0n) is 17.5. The van der Waals surface area contributed by atoms with E-state index in [2.05, 4.69) is 10.3 Å². The monoisotopic (exact) mass is 412 g/mol. The standard InChI is InChI=1S/C22H29BN2O5/c1-14(2)18(23(29)30)13-24-22(28)17(15(3)26)12-21(27)20-11-7-10-19(25-20)16-8-5-4-6-9-16/h4-11,14-15,17-18,26,29-30H,12-13H2,1-3H3,(H,24,28)/t15-,17+,18+/m1/s1. The van der Waals surface area contributed by atoms with Crippen LogP contribution in [0.15, 0.2) is 48.5 Å². The van der Waals surface area contributed by atoms with Gasteiger partial charge in [0.15, 0.2) is 5.78 Å². The smallest absolute Gasteiger partial charge is 0.427 e. The largest absolute Gasteiger partial charge is 0.456 e. The lowest BCUT2D eigenvalue weighted by Crippen LogP contribution is -2.42. The van der Waals surface area contributed by atoms with Crippen molar-refractivity contribution < 1.29 is 24.7 Å². The summed E-state index contributed by atoms with van der Waals surface area (Å²) < 4.78 is 0. The van der Waals surface area contributed by atoms with Crippen LogP contribution in [0.1, 0.15) is 37.7 Å². The molecule has 0 unspecified atom stereocenters. The number of hydrogen-bond acceptors (Lipinski definition) is 6. The Balaban J connectivity index is 2.09. The molecule has 4 N–H and O–H groups in total. The van der Waals surface area contributed by atoms with Crippen LogP contribution in [-0.4, -0.2) is 51.6 Å². The first-order chi connectivity index (χ1) is 14.2. The second kappa shape index (κ2) is 11.0. The Bertz CT molecular complexity index is 834. The molecule has 0 radical (unpaired) electrons. The van der Waals surface area contributed by atoms with Crippen molar-refractivity contribution in [2.24, 2.45) is 11.8 Å². The van der Waals surface area contributed by atoms with Gasteiger partial charge < -0.3 is 20.5 Å². The van der Waals surface area contributed by atoms with Gasteiger partial charge in [-0.25, -0.2) is 4.98 Å². The number of aromatic nitrogens is 1. The Kier molecular flexibility index (Phi) is 8.71. The van der Waals surface area contributed by atoms with E-state index in [1.807, 2.05) is 44.2 Å². The van der Waals surface area contributed by atoms with Crippen molar-refractivity contribution in [1.82, 2.24) is 10.3 Å².